The van der Waals surface area contributed by atoms with Gasteiger partial charge in [-0.15, -0.1) is 0 Å². The number of carbonyl (C=O) groups excluding carboxylic acids is 1. The highest BCUT2D eigenvalue weighted by molar-refractivity contribution is 9.10. The van der Waals surface area contributed by atoms with Crippen molar-refractivity contribution in [2.75, 3.05) is 11.9 Å². The lowest BCUT2D eigenvalue weighted by molar-refractivity contribution is -0.114. The summed E-state index contributed by atoms with van der Waals surface area (Å²) in [5.41, 5.74) is 5.61. The maximum absolute atomic E-state index is 12.7. The molecule has 1 amide bonds. The van der Waals surface area contributed by atoms with Crippen LogP contribution in [0.2, 0.25) is 0 Å². The van der Waals surface area contributed by atoms with E-state index in [1.54, 1.807) is 0 Å². The Balaban J connectivity index is 2.79. The van der Waals surface area contributed by atoms with Crippen LogP contribution >= 0.6 is 15.9 Å². The Morgan fingerprint density at radius 2 is 2.31 bits per heavy atom. The van der Waals surface area contributed by atoms with Crippen LogP contribution in [-0.4, -0.2) is 12.5 Å². The van der Waals surface area contributed by atoms with E-state index in [9.17, 15) is 9.18 Å². The Hall–Kier alpha value is -0.940. The average Bonchev–Trinajstić information content (AvgIpc) is 2.11. The van der Waals surface area contributed by atoms with Gasteiger partial charge in [0, 0.05) is 5.69 Å². The quantitative estimate of drug-likeness (QED) is 0.831. The van der Waals surface area contributed by atoms with Crippen LogP contribution in [0, 0.1) is 5.82 Å². The summed E-state index contributed by atoms with van der Waals surface area (Å²) in [6.07, 6.45) is 0. The third kappa shape index (κ3) is 2.78. The summed E-state index contributed by atoms with van der Waals surface area (Å²) in [5, 5.41) is 2.50. The van der Waals surface area contributed by atoms with Gasteiger partial charge in [-0.3, -0.25) is 4.79 Å². The zero-order chi connectivity index (χ0) is 9.84. The fraction of sp³-hybridized carbons (Fsp3) is 0.125. The van der Waals surface area contributed by atoms with Gasteiger partial charge in [-0.2, -0.15) is 0 Å². The number of anilines is 1. The van der Waals surface area contributed by atoms with Gasteiger partial charge in [0.2, 0.25) is 5.91 Å². The van der Waals surface area contributed by atoms with Gasteiger partial charge in [0.15, 0.2) is 0 Å². The van der Waals surface area contributed by atoms with Gasteiger partial charge >= 0.3 is 0 Å². The summed E-state index contributed by atoms with van der Waals surface area (Å²) in [6, 6.07) is 4.20. The largest absolute Gasteiger partial charge is 0.325 e. The summed E-state index contributed by atoms with van der Waals surface area (Å²) in [4.78, 5) is 10.8. The van der Waals surface area contributed by atoms with Gasteiger partial charge < -0.3 is 11.1 Å². The van der Waals surface area contributed by atoms with Crippen LogP contribution in [-0.2, 0) is 4.79 Å². The Kier molecular flexibility index (Phi) is 3.39. The number of amides is 1. The van der Waals surface area contributed by atoms with E-state index < -0.39 is 0 Å². The van der Waals surface area contributed by atoms with Gasteiger partial charge in [0.1, 0.15) is 5.82 Å². The number of nitrogens with one attached hydrogen (secondary N) is 1. The molecule has 0 unspecified atom stereocenters. The molecule has 0 aliphatic rings. The molecule has 0 aromatic heterocycles. The zero-order valence-corrected chi connectivity index (χ0v) is 8.27. The number of benzene rings is 1. The van der Waals surface area contributed by atoms with Crippen LogP contribution in [0.3, 0.4) is 0 Å². The highest BCUT2D eigenvalue weighted by atomic mass is 79.9. The van der Waals surface area contributed by atoms with E-state index in [2.05, 4.69) is 21.2 Å². The van der Waals surface area contributed by atoms with Crippen molar-refractivity contribution in [3.63, 3.8) is 0 Å². The number of hydrogen-bond acceptors (Lipinski definition) is 2. The van der Waals surface area contributed by atoms with Crippen molar-refractivity contribution >= 4 is 27.5 Å². The van der Waals surface area contributed by atoms with E-state index in [0.29, 0.717) is 10.2 Å². The molecule has 0 bridgehead atoms. The first-order valence-electron chi connectivity index (χ1n) is 3.58. The van der Waals surface area contributed by atoms with E-state index in [4.69, 9.17) is 5.73 Å². The second-order valence-corrected chi connectivity index (χ2v) is 3.24. The monoisotopic (exact) mass is 246 g/mol. The van der Waals surface area contributed by atoms with Crippen molar-refractivity contribution < 1.29 is 9.18 Å². The molecule has 5 heteroatoms. The van der Waals surface area contributed by atoms with Crippen molar-refractivity contribution in [2.45, 2.75) is 0 Å². The highest BCUT2D eigenvalue weighted by Crippen LogP contribution is 2.19. The van der Waals surface area contributed by atoms with Crippen molar-refractivity contribution in [1.29, 1.82) is 0 Å². The minimum atomic E-state index is -0.370. The van der Waals surface area contributed by atoms with Crippen LogP contribution < -0.4 is 11.1 Å². The summed E-state index contributed by atoms with van der Waals surface area (Å²) in [7, 11) is 0. The van der Waals surface area contributed by atoms with Gasteiger partial charge in [-0.05, 0) is 34.1 Å². The van der Waals surface area contributed by atoms with Gasteiger partial charge in [0.05, 0.1) is 11.0 Å². The second-order valence-electron chi connectivity index (χ2n) is 2.38. The van der Waals surface area contributed by atoms with Crippen molar-refractivity contribution in [1.82, 2.24) is 0 Å². The Bertz CT molecular complexity index is 330. The van der Waals surface area contributed by atoms with Crippen LogP contribution in [0.5, 0.6) is 0 Å². The Morgan fingerprint density at radius 3 is 2.85 bits per heavy atom. The van der Waals surface area contributed by atoms with Crippen LogP contribution in [0.15, 0.2) is 22.7 Å². The van der Waals surface area contributed by atoms with Crippen LogP contribution in [0.1, 0.15) is 0 Å². The lowest BCUT2D eigenvalue weighted by atomic mass is 10.3. The molecule has 1 aromatic carbocycles. The molecule has 0 aliphatic carbocycles. The Labute approximate surface area is 83.2 Å². The molecular weight excluding hydrogens is 239 g/mol. The molecule has 1 rings (SSSR count). The number of carbonyl (C=O) groups is 1. The number of halogens is 2. The van der Waals surface area contributed by atoms with Crippen molar-refractivity contribution in [2.24, 2.45) is 5.73 Å². The molecule has 0 radical (unpaired) electrons. The molecule has 1 aromatic rings. The lowest BCUT2D eigenvalue weighted by Crippen LogP contribution is -2.21. The minimum Gasteiger partial charge on any atom is -0.325 e. The van der Waals surface area contributed by atoms with Crippen LogP contribution in [0.4, 0.5) is 10.1 Å². The van der Waals surface area contributed by atoms with E-state index in [1.165, 1.54) is 18.2 Å². The molecule has 13 heavy (non-hydrogen) atoms. The average molecular weight is 247 g/mol. The molecule has 0 aliphatic heterocycles. The van der Waals surface area contributed by atoms with E-state index in [1.807, 2.05) is 0 Å². The number of nitrogens with two attached hydrogens (primary N) is 1. The maximum Gasteiger partial charge on any atom is 0.238 e. The van der Waals surface area contributed by atoms with Gasteiger partial charge in [-0.1, -0.05) is 0 Å². The molecule has 3 nitrogen and oxygen atoms in total. The van der Waals surface area contributed by atoms with Crippen molar-refractivity contribution in [3.8, 4) is 0 Å². The van der Waals surface area contributed by atoms with Crippen LogP contribution in [0.25, 0.3) is 0 Å². The summed E-state index contributed by atoms with van der Waals surface area (Å²) >= 11 is 3.00. The molecule has 3 N–H and O–H groups in total. The standard InChI is InChI=1S/C8H8BrFN2O/c9-6-3-5(1-2-7(6)10)12-8(13)4-11/h1-3H,4,11H2,(H,12,13). The van der Waals surface area contributed by atoms with E-state index in [-0.39, 0.29) is 18.3 Å². The van der Waals surface area contributed by atoms with E-state index in [0.717, 1.165) is 0 Å². The summed E-state index contributed by atoms with van der Waals surface area (Å²) in [6.45, 7) is -0.0883. The number of hydrogen-bond donors (Lipinski definition) is 2. The lowest BCUT2D eigenvalue weighted by Gasteiger charge is -2.03. The first-order chi connectivity index (χ1) is 6.13. The zero-order valence-electron chi connectivity index (χ0n) is 6.68. The molecule has 0 atom stereocenters. The molecule has 0 fully saturated rings. The highest BCUT2D eigenvalue weighted by Gasteiger charge is 2.02. The summed E-state index contributed by atoms with van der Waals surface area (Å²) in [5.74, 6) is -0.677. The smallest absolute Gasteiger partial charge is 0.238 e. The SMILES string of the molecule is NCC(=O)Nc1ccc(F)c(Br)c1. The minimum absolute atomic E-state index is 0.0883. The van der Waals surface area contributed by atoms with Gasteiger partial charge in [0.25, 0.3) is 0 Å². The predicted octanol–water partition coefficient (Wildman–Crippen LogP) is 1.49. The van der Waals surface area contributed by atoms with Gasteiger partial charge in [-0.25, -0.2) is 4.39 Å². The third-order valence-electron chi connectivity index (χ3n) is 1.39. The van der Waals surface area contributed by atoms with E-state index >= 15 is 0 Å². The first kappa shape index (κ1) is 10.1. The summed E-state index contributed by atoms with van der Waals surface area (Å²) < 4.78 is 13.0. The van der Waals surface area contributed by atoms with Crippen molar-refractivity contribution in [3.05, 3.63) is 28.5 Å². The number of rotatable bonds is 2. The maximum atomic E-state index is 12.7. The molecule has 0 saturated carbocycles. The molecule has 0 saturated heterocycles. The third-order valence-corrected chi connectivity index (χ3v) is 2.00. The Morgan fingerprint density at radius 1 is 1.62 bits per heavy atom. The topological polar surface area (TPSA) is 55.1 Å². The first-order valence-corrected chi connectivity index (χ1v) is 4.37. The normalized spacial score (nSPS) is 9.77. The molecular formula is C8H8BrFN2O. The molecule has 70 valence electrons. The predicted molar refractivity (Wildman–Crippen MR) is 51.8 cm³/mol. The molecule has 0 spiro atoms. The molecule has 0 heterocycles. The fourth-order valence-corrected chi connectivity index (χ4v) is 1.16. The second kappa shape index (κ2) is 4.34. The fourth-order valence-electron chi connectivity index (χ4n) is 0.786.